The van der Waals surface area contributed by atoms with Crippen LogP contribution in [0.4, 0.5) is 4.79 Å². The topological polar surface area (TPSA) is 46.5 Å². The Kier molecular flexibility index (Phi) is 4.67. The van der Waals surface area contributed by atoms with E-state index in [0.29, 0.717) is 32.8 Å². The minimum Gasteiger partial charge on any atom is -0.378 e. The van der Waals surface area contributed by atoms with Crippen LogP contribution in [0.1, 0.15) is 17.0 Å². The monoisotopic (exact) mass is 313 g/mol. The van der Waals surface area contributed by atoms with E-state index in [1.807, 2.05) is 18.2 Å². The minimum atomic E-state index is -0.0159. The third-order valence-electron chi connectivity index (χ3n) is 4.28. The van der Waals surface area contributed by atoms with Crippen LogP contribution in [0.25, 0.3) is 5.69 Å². The zero-order valence-electron chi connectivity index (χ0n) is 13.7. The lowest BCUT2D eigenvalue weighted by Gasteiger charge is -2.26. The average Bonchev–Trinajstić information content (AvgIpc) is 2.88. The molecule has 1 aliphatic heterocycles. The zero-order valence-corrected chi connectivity index (χ0v) is 13.7. The fourth-order valence-electron chi connectivity index (χ4n) is 3.03. The summed E-state index contributed by atoms with van der Waals surface area (Å²) in [5.41, 5.74) is 4.63. The van der Waals surface area contributed by atoms with Crippen molar-refractivity contribution in [2.24, 2.45) is 0 Å². The molecule has 0 spiro atoms. The lowest BCUT2D eigenvalue weighted by Crippen LogP contribution is -2.45. The van der Waals surface area contributed by atoms with Gasteiger partial charge in [-0.3, -0.25) is 0 Å². The summed E-state index contributed by atoms with van der Waals surface area (Å²) < 4.78 is 7.49. The second kappa shape index (κ2) is 6.87. The predicted molar refractivity (Wildman–Crippen MR) is 89.9 cm³/mol. The second-order valence-electron chi connectivity index (χ2n) is 5.83. The molecule has 5 nitrogen and oxygen atoms in total. The number of hydrogen-bond donors (Lipinski definition) is 1. The van der Waals surface area contributed by atoms with E-state index in [9.17, 15) is 4.79 Å². The van der Waals surface area contributed by atoms with Crippen molar-refractivity contribution in [2.45, 2.75) is 20.4 Å². The normalized spacial score (nSPS) is 14.8. The number of benzene rings is 1. The molecule has 3 rings (SSSR count). The van der Waals surface area contributed by atoms with E-state index in [-0.39, 0.29) is 6.03 Å². The van der Waals surface area contributed by atoms with Gasteiger partial charge in [-0.15, -0.1) is 0 Å². The Hall–Kier alpha value is -2.27. The SMILES string of the molecule is Cc1cc(CNC(=O)N2CCOCC2)c(C)n1-c1ccccc1. The number of urea groups is 1. The van der Waals surface area contributed by atoms with Crippen LogP contribution in [0.15, 0.2) is 36.4 Å². The van der Waals surface area contributed by atoms with Gasteiger partial charge in [0.25, 0.3) is 0 Å². The zero-order chi connectivity index (χ0) is 16.2. The molecule has 2 heterocycles. The van der Waals surface area contributed by atoms with Gasteiger partial charge in [-0.1, -0.05) is 18.2 Å². The van der Waals surface area contributed by atoms with Gasteiger partial charge in [-0.25, -0.2) is 4.79 Å². The highest BCUT2D eigenvalue weighted by molar-refractivity contribution is 5.74. The molecular formula is C18H23N3O2. The Labute approximate surface area is 136 Å². The van der Waals surface area contributed by atoms with E-state index in [0.717, 1.165) is 16.9 Å². The molecule has 0 atom stereocenters. The van der Waals surface area contributed by atoms with Crippen molar-refractivity contribution < 1.29 is 9.53 Å². The van der Waals surface area contributed by atoms with E-state index in [1.54, 1.807) is 4.90 Å². The molecule has 0 unspecified atom stereocenters. The van der Waals surface area contributed by atoms with Crippen molar-refractivity contribution in [3.8, 4) is 5.69 Å². The molecule has 122 valence electrons. The maximum atomic E-state index is 12.2. The number of hydrogen-bond acceptors (Lipinski definition) is 2. The minimum absolute atomic E-state index is 0.0159. The van der Waals surface area contributed by atoms with E-state index in [2.05, 4.69) is 41.9 Å². The summed E-state index contributed by atoms with van der Waals surface area (Å²) in [4.78, 5) is 14.0. The standard InChI is InChI=1S/C18H23N3O2/c1-14-12-16(13-19-18(22)20-8-10-23-11-9-20)15(2)21(14)17-6-4-3-5-7-17/h3-7,12H,8-11,13H2,1-2H3,(H,19,22). The van der Waals surface area contributed by atoms with Gasteiger partial charge in [0, 0.05) is 36.7 Å². The van der Waals surface area contributed by atoms with Gasteiger partial charge in [0.05, 0.1) is 13.2 Å². The number of amides is 2. The van der Waals surface area contributed by atoms with Crippen molar-refractivity contribution in [3.05, 3.63) is 53.3 Å². The lowest BCUT2D eigenvalue weighted by atomic mass is 10.2. The van der Waals surface area contributed by atoms with Crippen LogP contribution < -0.4 is 5.32 Å². The second-order valence-corrected chi connectivity index (χ2v) is 5.83. The number of nitrogens with zero attached hydrogens (tertiary/aromatic N) is 2. The van der Waals surface area contributed by atoms with Crippen LogP contribution in [0.5, 0.6) is 0 Å². The lowest BCUT2D eigenvalue weighted by molar-refractivity contribution is 0.0531. The van der Waals surface area contributed by atoms with Crippen LogP contribution in [-0.2, 0) is 11.3 Å². The average molecular weight is 313 g/mol. The fraction of sp³-hybridized carbons (Fsp3) is 0.389. The maximum absolute atomic E-state index is 12.2. The molecule has 1 saturated heterocycles. The Bertz CT molecular complexity index is 673. The Morgan fingerprint density at radius 2 is 1.87 bits per heavy atom. The molecule has 1 fully saturated rings. The molecule has 1 N–H and O–H groups in total. The van der Waals surface area contributed by atoms with Crippen LogP contribution in [0, 0.1) is 13.8 Å². The van der Waals surface area contributed by atoms with Crippen molar-refractivity contribution in [3.63, 3.8) is 0 Å². The summed E-state index contributed by atoms with van der Waals surface area (Å²) in [5.74, 6) is 0. The molecule has 5 heteroatoms. The van der Waals surface area contributed by atoms with Crippen LogP contribution in [0.3, 0.4) is 0 Å². The van der Waals surface area contributed by atoms with E-state index in [1.165, 1.54) is 5.69 Å². The van der Waals surface area contributed by atoms with Crippen LogP contribution >= 0.6 is 0 Å². The third kappa shape index (κ3) is 3.40. The summed E-state index contributed by atoms with van der Waals surface area (Å²) in [6.45, 7) is 7.29. The molecule has 1 aromatic carbocycles. The van der Waals surface area contributed by atoms with Crippen LogP contribution in [-0.4, -0.2) is 41.8 Å². The van der Waals surface area contributed by atoms with Crippen LogP contribution in [0.2, 0.25) is 0 Å². The van der Waals surface area contributed by atoms with E-state index in [4.69, 9.17) is 4.74 Å². The molecule has 23 heavy (non-hydrogen) atoms. The Morgan fingerprint density at radius 3 is 2.57 bits per heavy atom. The summed E-state index contributed by atoms with van der Waals surface area (Å²) in [7, 11) is 0. The number of morpholine rings is 1. The smallest absolute Gasteiger partial charge is 0.317 e. The maximum Gasteiger partial charge on any atom is 0.317 e. The van der Waals surface area contributed by atoms with Gasteiger partial charge < -0.3 is 19.5 Å². The van der Waals surface area contributed by atoms with Crippen molar-refractivity contribution in [2.75, 3.05) is 26.3 Å². The fourth-order valence-corrected chi connectivity index (χ4v) is 3.03. The highest BCUT2D eigenvalue weighted by Crippen LogP contribution is 2.20. The Balaban J connectivity index is 1.70. The highest BCUT2D eigenvalue weighted by atomic mass is 16.5. The molecule has 0 bridgehead atoms. The molecule has 0 saturated carbocycles. The number of nitrogens with one attached hydrogen (secondary N) is 1. The number of ether oxygens (including phenoxy) is 1. The number of aryl methyl sites for hydroxylation is 1. The first-order valence-electron chi connectivity index (χ1n) is 8.00. The largest absolute Gasteiger partial charge is 0.378 e. The molecule has 0 aliphatic carbocycles. The molecule has 1 aliphatic rings. The third-order valence-corrected chi connectivity index (χ3v) is 4.28. The van der Waals surface area contributed by atoms with Crippen molar-refractivity contribution in [1.82, 2.24) is 14.8 Å². The van der Waals surface area contributed by atoms with Gasteiger partial charge in [0.1, 0.15) is 0 Å². The first kappa shape index (κ1) is 15.6. The summed E-state index contributed by atoms with van der Waals surface area (Å²) in [6.07, 6.45) is 0. The van der Waals surface area contributed by atoms with E-state index < -0.39 is 0 Å². The van der Waals surface area contributed by atoms with Gasteiger partial charge in [-0.2, -0.15) is 0 Å². The molecule has 1 aromatic heterocycles. The number of carbonyl (C=O) groups excluding carboxylic acids is 1. The number of carbonyl (C=O) groups is 1. The Morgan fingerprint density at radius 1 is 1.17 bits per heavy atom. The van der Waals surface area contributed by atoms with Gasteiger partial charge in [0.15, 0.2) is 0 Å². The predicted octanol–water partition coefficient (Wildman–Crippen LogP) is 2.64. The number of rotatable bonds is 3. The van der Waals surface area contributed by atoms with Gasteiger partial charge in [-0.05, 0) is 37.6 Å². The summed E-state index contributed by atoms with van der Waals surface area (Å²) >= 11 is 0. The van der Waals surface area contributed by atoms with Crippen molar-refractivity contribution in [1.29, 1.82) is 0 Å². The molecular weight excluding hydrogens is 290 g/mol. The first-order valence-corrected chi connectivity index (χ1v) is 8.00. The molecule has 0 radical (unpaired) electrons. The van der Waals surface area contributed by atoms with Gasteiger partial charge >= 0.3 is 6.03 Å². The summed E-state index contributed by atoms with van der Waals surface area (Å²) in [6, 6.07) is 12.4. The molecule has 2 aromatic rings. The van der Waals surface area contributed by atoms with Crippen molar-refractivity contribution >= 4 is 6.03 Å². The summed E-state index contributed by atoms with van der Waals surface area (Å²) in [5, 5.41) is 3.02. The number of para-hydroxylation sites is 1. The van der Waals surface area contributed by atoms with Gasteiger partial charge in [0.2, 0.25) is 0 Å². The molecule has 2 amide bonds. The number of aromatic nitrogens is 1. The quantitative estimate of drug-likeness (QED) is 0.947. The highest BCUT2D eigenvalue weighted by Gasteiger charge is 2.17. The first-order chi connectivity index (χ1) is 11.2. The van der Waals surface area contributed by atoms with E-state index >= 15 is 0 Å².